The van der Waals surface area contributed by atoms with Gasteiger partial charge in [-0.1, -0.05) is 29.8 Å². The molecule has 1 aliphatic heterocycles. The summed E-state index contributed by atoms with van der Waals surface area (Å²) in [6.07, 6.45) is 3.42. The Hall–Kier alpha value is -3.11. The molecule has 6 nitrogen and oxygen atoms in total. The molecule has 0 bridgehead atoms. The lowest BCUT2D eigenvalue weighted by Gasteiger charge is -2.25. The Morgan fingerprint density at radius 1 is 1.43 bits per heavy atom. The summed E-state index contributed by atoms with van der Waals surface area (Å²) in [6, 6.07) is 10.0. The van der Waals surface area contributed by atoms with Crippen LogP contribution in [0.5, 0.6) is 0 Å². The molecule has 7 heteroatoms. The van der Waals surface area contributed by atoms with Gasteiger partial charge in [-0.2, -0.15) is 5.26 Å². The predicted molar refractivity (Wildman–Crippen MR) is 109 cm³/mol. The third-order valence-electron chi connectivity index (χ3n) is 4.40. The van der Waals surface area contributed by atoms with Crippen molar-refractivity contribution >= 4 is 34.4 Å². The van der Waals surface area contributed by atoms with Crippen molar-refractivity contribution in [3.63, 3.8) is 0 Å². The molecule has 3 rings (SSSR count). The van der Waals surface area contributed by atoms with Crippen molar-refractivity contribution < 1.29 is 14.3 Å². The Labute approximate surface area is 168 Å². The molecule has 1 aromatic carbocycles. The van der Waals surface area contributed by atoms with E-state index < -0.39 is 0 Å². The number of anilines is 1. The van der Waals surface area contributed by atoms with Crippen LogP contribution in [0.2, 0.25) is 0 Å². The lowest BCUT2D eigenvalue weighted by Crippen LogP contribution is -2.35. The standard InChI is InChI=1S/C21H21N3O3S/c1-3-27-21(26)24-10-9-16-17(12-22)20(28-18(16)13-24)23-19(25)8-7-15-6-4-5-14(2)11-15/h4-8,11H,3,9-10,13H2,1-2H3,(H,23,25)/b8-7+. The molecule has 2 heterocycles. The number of nitrogens with zero attached hydrogens (tertiary/aromatic N) is 2. The first-order valence-corrected chi connectivity index (χ1v) is 9.85. The summed E-state index contributed by atoms with van der Waals surface area (Å²) in [5, 5.41) is 12.9. The van der Waals surface area contributed by atoms with Crippen LogP contribution in [0.4, 0.5) is 9.80 Å². The van der Waals surface area contributed by atoms with Crippen LogP contribution in [0.15, 0.2) is 30.3 Å². The molecule has 1 aromatic heterocycles. The zero-order valence-electron chi connectivity index (χ0n) is 15.8. The average molecular weight is 395 g/mol. The van der Waals surface area contributed by atoms with Crippen molar-refractivity contribution in [2.75, 3.05) is 18.5 Å². The number of carbonyl (C=O) groups excluding carboxylic acids is 2. The molecule has 28 heavy (non-hydrogen) atoms. The molecule has 2 amide bonds. The second kappa shape index (κ2) is 8.72. The highest BCUT2D eigenvalue weighted by molar-refractivity contribution is 7.16. The fourth-order valence-electron chi connectivity index (χ4n) is 3.08. The molecule has 0 unspecified atom stereocenters. The molecule has 144 valence electrons. The minimum atomic E-state index is -0.355. The molecule has 0 spiro atoms. The van der Waals surface area contributed by atoms with Gasteiger partial charge in [0, 0.05) is 17.5 Å². The van der Waals surface area contributed by atoms with Crippen LogP contribution in [0.25, 0.3) is 6.08 Å². The Morgan fingerprint density at radius 2 is 2.25 bits per heavy atom. The molecule has 0 saturated carbocycles. The monoisotopic (exact) mass is 395 g/mol. The Balaban J connectivity index is 1.74. The Bertz CT molecular complexity index is 972. The van der Waals surface area contributed by atoms with E-state index in [9.17, 15) is 14.9 Å². The number of aryl methyl sites for hydroxylation is 1. The van der Waals surface area contributed by atoms with Crippen LogP contribution in [-0.4, -0.2) is 30.1 Å². The fraction of sp³-hybridized carbons (Fsp3) is 0.286. The Morgan fingerprint density at radius 3 is 2.96 bits per heavy atom. The van der Waals surface area contributed by atoms with Gasteiger partial charge < -0.3 is 15.0 Å². The predicted octanol–water partition coefficient (Wildman–Crippen LogP) is 4.09. The van der Waals surface area contributed by atoms with E-state index in [2.05, 4.69) is 11.4 Å². The number of nitriles is 1. The van der Waals surface area contributed by atoms with Crippen LogP contribution in [-0.2, 0) is 22.5 Å². The van der Waals surface area contributed by atoms with Crippen LogP contribution in [0.3, 0.4) is 0 Å². The summed E-state index contributed by atoms with van der Waals surface area (Å²) in [7, 11) is 0. The van der Waals surface area contributed by atoms with Gasteiger partial charge in [0.25, 0.3) is 0 Å². The van der Waals surface area contributed by atoms with Crippen molar-refractivity contribution in [1.29, 1.82) is 5.26 Å². The van der Waals surface area contributed by atoms with Crippen molar-refractivity contribution in [2.45, 2.75) is 26.8 Å². The second-order valence-electron chi connectivity index (χ2n) is 6.43. The maximum Gasteiger partial charge on any atom is 0.410 e. The summed E-state index contributed by atoms with van der Waals surface area (Å²) in [5.41, 5.74) is 3.45. The average Bonchev–Trinajstić information content (AvgIpc) is 3.02. The lowest BCUT2D eigenvalue weighted by molar-refractivity contribution is -0.111. The summed E-state index contributed by atoms with van der Waals surface area (Å²) in [5.74, 6) is -0.293. The van der Waals surface area contributed by atoms with E-state index in [0.717, 1.165) is 21.6 Å². The van der Waals surface area contributed by atoms with Gasteiger partial charge in [0.05, 0.1) is 18.7 Å². The molecule has 0 atom stereocenters. The first kappa shape index (κ1) is 19.6. The summed E-state index contributed by atoms with van der Waals surface area (Å²) >= 11 is 1.34. The topological polar surface area (TPSA) is 82.4 Å². The van der Waals surface area contributed by atoms with E-state index in [1.807, 2.05) is 31.2 Å². The van der Waals surface area contributed by atoms with Crippen LogP contribution in [0, 0.1) is 18.3 Å². The number of rotatable bonds is 4. The maximum absolute atomic E-state index is 12.3. The van der Waals surface area contributed by atoms with Crippen molar-refractivity contribution in [2.24, 2.45) is 0 Å². The first-order chi connectivity index (χ1) is 13.5. The number of ether oxygens (including phenoxy) is 1. The summed E-state index contributed by atoms with van der Waals surface area (Å²) in [6.45, 7) is 4.97. The van der Waals surface area contributed by atoms with Crippen molar-refractivity contribution in [1.82, 2.24) is 4.90 Å². The quantitative estimate of drug-likeness (QED) is 0.791. The van der Waals surface area contributed by atoms with Gasteiger partial charge in [0.1, 0.15) is 11.1 Å². The van der Waals surface area contributed by atoms with E-state index in [1.54, 1.807) is 17.9 Å². The first-order valence-electron chi connectivity index (χ1n) is 9.04. The lowest BCUT2D eigenvalue weighted by atomic mass is 10.0. The van der Waals surface area contributed by atoms with Crippen molar-refractivity contribution in [3.05, 3.63) is 57.5 Å². The number of nitrogens with one attached hydrogen (secondary N) is 1. The largest absolute Gasteiger partial charge is 0.450 e. The van der Waals surface area contributed by atoms with E-state index in [4.69, 9.17) is 4.74 Å². The molecule has 0 saturated heterocycles. The molecule has 0 radical (unpaired) electrons. The van der Waals surface area contributed by atoms with E-state index >= 15 is 0 Å². The number of benzene rings is 1. The minimum absolute atomic E-state index is 0.293. The van der Waals surface area contributed by atoms with E-state index in [1.165, 1.54) is 17.4 Å². The third kappa shape index (κ3) is 4.41. The molecule has 1 aliphatic rings. The van der Waals surface area contributed by atoms with Gasteiger partial charge in [-0.05, 0) is 37.5 Å². The maximum atomic E-state index is 12.3. The van der Waals surface area contributed by atoms with Gasteiger partial charge in [-0.3, -0.25) is 4.79 Å². The highest BCUT2D eigenvalue weighted by atomic mass is 32.1. The number of amides is 2. The van der Waals surface area contributed by atoms with Crippen LogP contribution < -0.4 is 5.32 Å². The van der Waals surface area contributed by atoms with Gasteiger partial charge in [-0.25, -0.2) is 4.79 Å². The molecule has 1 N–H and O–H groups in total. The zero-order valence-corrected chi connectivity index (χ0v) is 16.6. The molecular formula is C21H21N3O3S. The highest BCUT2D eigenvalue weighted by Crippen LogP contribution is 2.36. The molecule has 0 fully saturated rings. The van der Waals surface area contributed by atoms with Crippen molar-refractivity contribution in [3.8, 4) is 6.07 Å². The number of hydrogen-bond acceptors (Lipinski definition) is 5. The van der Waals surface area contributed by atoms with E-state index in [0.29, 0.717) is 36.7 Å². The third-order valence-corrected chi connectivity index (χ3v) is 5.53. The number of carbonyl (C=O) groups is 2. The van der Waals surface area contributed by atoms with Gasteiger partial charge in [0.15, 0.2) is 0 Å². The van der Waals surface area contributed by atoms with Gasteiger partial charge >= 0.3 is 6.09 Å². The summed E-state index contributed by atoms with van der Waals surface area (Å²) in [4.78, 5) is 26.8. The van der Waals surface area contributed by atoms with E-state index in [-0.39, 0.29) is 12.0 Å². The second-order valence-corrected chi connectivity index (χ2v) is 7.53. The molecular weight excluding hydrogens is 374 g/mol. The highest BCUT2D eigenvalue weighted by Gasteiger charge is 2.27. The summed E-state index contributed by atoms with van der Waals surface area (Å²) < 4.78 is 5.05. The number of thiophene rings is 1. The molecule has 0 aliphatic carbocycles. The SMILES string of the molecule is CCOC(=O)N1CCc2c(sc(NC(=O)/C=C/c3cccc(C)c3)c2C#N)C1. The smallest absolute Gasteiger partial charge is 0.410 e. The van der Waals surface area contributed by atoms with Crippen LogP contribution >= 0.6 is 11.3 Å². The normalized spacial score (nSPS) is 13.1. The Kier molecular flexibility index (Phi) is 6.12. The number of fused-ring (bicyclic) bond motifs is 1. The molecule has 2 aromatic rings. The minimum Gasteiger partial charge on any atom is -0.450 e. The van der Waals surface area contributed by atoms with Gasteiger partial charge in [0.2, 0.25) is 5.91 Å². The number of hydrogen-bond donors (Lipinski definition) is 1. The van der Waals surface area contributed by atoms with Crippen LogP contribution in [0.1, 0.15) is 34.1 Å². The fourth-order valence-corrected chi connectivity index (χ4v) is 4.30. The zero-order chi connectivity index (χ0) is 20.1. The van der Waals surface area contributed by atoms with Gasteiger partial charge in [-0.15, -0.1) is 11.3 Å².